The monoisotopic (exact) mass is 1690 g/mol. The highest BCUT2D eigenvalue weighted by atomic mass is 32.2. The summed E-state index contributed by atoms with van der Waals surface area (Å²) >= 11 is 3.28. The van der Waals surface area contributed by atoms with E-state index in [2.05, 4.69) is 0 Å². The fourth-order valence-electron chi connectivity index (χ4n) is 13.0. The Balaban J connectivity index is 0.000000396. The Labute approximate surface area is 680 Å². The van der Waals surface area contributed by atoms with E-state index in [0.29, 0.717) is 22.6 Å². The van der Waals surface area contributed by atoms with Crippen LogP contribution in [0.1, 0.15) is 133 Å². The lowest BCUT2D eigenvalue weighted by molar-refractivity contribution is -0.304. The van der Waals surface area contributed by atoms with E-state index in [1.54, 1.807) is 54.6 Å². The molecular weight excluding hydrogens is 1580 g/mol. The zero-order valence-electron chi connectivity index (χ0n) is 66.4. The van der Waals surface area contributed by atoms with Crippen LogP contribution in [0, 0.1) is 23.7 Å². The second-order valence-corrected chi connectivity index (χ2v) is 31.9. The number of esters is 5. The number of hydrogen-bond acceptors (Lipinski definition) is 36. The van der Waals surface area contributed by atoms with Gasteiger partial charge >= 0.3 is 35.8 Å². The average Bonchev–Trinajstić information content (AvgIpc) is 0.762. The van der Waals surface area contributed by atoms with E-state index in [0.717, 1.165) is 35.5 Å². The third kappa shape index (κ3) is 29.8. The van der Waals surface area contributed by atoms with Crippen molar-refractivity contribution < 1.29 is 162 Å². The van der Waals surface area contributed by atoms with Crippen LogP contribution >= 0.6 is 35.3 Å². The Bertz CT molecular complexity index is 3540. The molecule has 24 atom stereocenters. The molecule has 3 aromatic rings. The van der Waals surface area contributed by atoms with Gasteiger partial charge in [-0.2, -0.15) is 0 Å². The molecule has 4 aliphatic heterocycles. The molecule has 34 nitrogen and oxygen atoms in total. The Morgan fingerprint density at radius 3 is 1.16 bits per heavy atom. The van der Waals surface area contributed by atoms with E-state index in [1.165, 1.54) is 53.7 Å². The molecule has 7 rings (SSSR count). The molecule has 115 heavy (non-hydrogen) atoms. The first-order chi connectivity index (χ1) is 54.1. The van der Waals surface area contributed by atoms with Crippen molar-refractivity contribution >= 4 is 94.2 Å². The summed E-state index contributed by atoms with van der Waals surface area (Å²) in [5.41, 5.74) is 5.88. The van der Waals surface area contributed by atoms with Gasteiger partial charge in [-0.1, -0.05) is 125 Å². The number of carboxylic acids is 1. The van der Waals surface area contributed by atoms with Crippen LogP contribution in [0.15, 0.2) is 106 Å². The van der Waals surface area contributed by atoms with Gasteiger partial charge < -0.3 is 129 Å². The van der Waals surface area contributed by atoms with Crippen molar-refractivity contribution in [2.75, 3.05) is 41.2 Å². The Morgan fingerprint density at radius 2 is 0.817 bits per heavy atom. The lowest BCUT2D eigenvalue weighted by Crippen LogP contribution is -2.64. The first-order valence-electron chi connectivity index (χ1n) is 37.3. The number of nitrogens with two attached hydrogens (primary N) is 1. The Morgan fingerprint density at radius 1 is 0.487 bits per heavy atom. The maximum Gasteiger partial charge on any atom is 0.364 e. The number of aliphatic carboxylic acids is 1. The first kappa shape index (κ1) is 103. The van der Waals surface area contributed by atoms with Gasteiger partial charge in [0.1, 0.15) is 78.1 Å². The number of hydrogen-bond donors (Lipinski definition) is 15. The van der Waals surface area contributed by atoms with Crippen LogP contribution in [0.4, 0.5) is 0 Å². The number of benzene rings is 3. The van der Waals surface area contributed by atoms with Gasteiger partial charge in [0.2, 0.25) is 14.8 Å². The van der Waals surface area contributed by atoms with Gasteiger partial charge in [0.15, 0.2) is 6.10 Å². The minimum atomic E-state index is -2.81. The van der Waals surface area contributed by atoms with E-state index in [-0.39, 0.29) is 80.6 Å². The van der Waals surface area contributed by atoms with Gasteiger partial charge in [-0.15, -0.1) is 0 Å². The minimum Gasteiger partial charge on any atom is -0.477 e. The van der Waals surface area contributed by atoms with Crippen LogP contribution in [0.3, 0.4) is 0 Å². The number of ether oxygens (including phenoxy) is 9. The summed E-state index contributed by atoms with van der Waals surface area (Å²) in [7, 11) is 3.68. The van der Waals surface area contributed by atoms with Crippen LogP contribution < -0.4 is 5.73 Å². The molecule has 4 aliphatic rings. The predicted molar refractivity (Wildman–Crippen MR) is 412 cm³/mol. The number of ketones is 4. The Hall–Kier alpha value is -6.51. The summed E-state index contributed by atoms with van der Waals surface area (Å²) in [5.74, 6) is -10.9. The smallest absolute Gasteiger partial charge is 0.364 e. The maximum absolute atomic E-state index is 13.0. The van der Waals surface area contributed by atoms with Gasteiger partial charge in [-0.05, 0) is 68.5 Å². The van der Waals surface area contributed by atoms with Crippen molar-refractivity contribution in [2.24, 2.45) is 29.4 Å². The van der Waals surface area contributed by atoms with Crippen LogP contribution in [-0.4, -0.2) is 290 Å². The van der Waals surface area contributed by atoms with Crippen molar-refractivity contribution in [1.82, 2.24) is 0 Å². The number of rotatable bonds is 34. The topological polar surface area (TPSA) is 563 Å². The molecule has 0 bridgehead atoms. The standard InChI is InChI=1S/C23H32O7S.C22H30O9S.C16H23NO7S.C15H24O10.C2H6/c1-7-19(28-16(4)24)21(29-17(5)25)20-15(3)14(2)13-23(30-20,22(26)27-6)31-18-11-9-8-10-12-18;1-13(24)8-9-14(25)10-16-17(26)11-22(21(29)30-2,32-15-6-4-3-5-7-15)31-20(16)19(28)18(27)12-23;1-23-15(22)16(25-9-5-3-2-4-6-9)7-10(19)12(17)14(24-16)13(21)11(20)8-18;1-7(17)2-3-8(18)4-9-10(19)5-15(24,14(22)23)25-13(9)12(21)11(20)6-16;1-2/h8-12,14-15,19-21H,7,13H2,1-6H3;3-7,16-20,23,26-28H,8-12H2,1-2H3;2-6,10-14,18-21H,7-8,17H2,1H3;9-13,16,19-21,24H,2-6H2,1H3,(H,22,23);1-2H3/t14-,15-,19-,20?,21-,23+;16-,17-,18-,19-,20?,22+;10-,11-,12-,13-,14?,16+;9-,10-,11-,12-,13?,15-;/m1111./s1. The second-order valence-electron chi connectivity index (χ2n) is 27.9. The highest BCUT2D eigenvalue weighted by Crippen LogP contribution is 2.51. The van der Waals surface area contributed by atoms with Crippen molar-refractivity contribution in [3.63, 3.8) is 0 Å². The molecule has 3 aromatic carbocycles. The summed E-state index contributed by atoms with van der Waals surface area (Å²) in [4.78, 5) is 117. The molecule has 4 unspecified atom stereocenters. The quantitative estimate of drug-likeness (QED) is 0.0300. The lowest BCUT2D eigenvalue weighted by Gasteiger charge is -2.47. The summed E-state index contributed by atoms with van der Waals surface area (Å²) < 4.78 is 49.2. The van der Waals surface area contributed by atoms with Gasteiger partial charge in [-0.3, -0.25) is 19.2 Å². The lowest BCUT2D eigenvalue weighted by atomic mass is 9.80. The molecule has 0 aromatic heterocycles. The van der Waals surface area contributed by atoms with E-state index in [4.69, 9.17) is 63.7 Å². The van der Waals surface area contributed by atoms with E-state index < -0.39 is 198 Å². The van der Waals surface area contributed by atoms with E-state index >= 15 is 0 Å². The number of Topliss-reactive ketones (excluding diaryl/α,β-unsaturated/α-hetero) is 4. The van der Waals surface area contributed by atoms with Crippen molar-refractivity contribution in [3.05, 3.63) is 91.0 Å². The molecule has 16 N–H and O–H groups in total. The highest BCUT2D eigenvalue weighted by Gasteiger charge is 2.59. The highest BCUT2D eigenvalue weighted by molar-refractivity contribution is 8.01. The first-order valence-corrected chi connectivity index (χ1v) is 39.8. The summed E-state index contributed by atoms with van der Waals surface area (Å²) in [6, 6.07) is 26.1. The number of aliphatic hydroxyl groups is 13. The molecule has 4 heterocycles. The van der Waals surface area contributed by atoms with Gasteiger partial charge in [-0.25, -0.2) is 19.2 Å². The third-order valence-corrected chi connectivity index (χ3v) is 23.0. The SMILES string of the molecule is CC.CC(=O)CCC(=O)C[C@H]1C([C@H](O)[C@H](O)CO)O[C@@](O)(C(=O)O)C[C@H]1O.CC[C@@H](OC(C)=O)[C@@H](OC(C)=O)C1O[C@@](Sc2ccccc2)(C(=O)OC)C[C@@H](C)[C@H]1C.COC(=O)[C@@]1(Sc2ccccc2)C[C@@H](O)[C@@H](CC(=O)CCC(C)=O)C([C@H](O)[C@H](O)CO)O1.COC(=O)[C@@]1(Sc2ccccc2)C[C@@H](O)[C@@H](N)C([C@H](O)[C@H](O)CO)O1. The number of carbonyl (C=O) groups is 10. The summed E-state index contributed by atoms with van der Waals surface area (Å²) in [5, 5.41) is 138. The molecule has 0 amide bonds. The zero-order valence-corrected chi connectivity index (χ0v) is 68.9. The predicted octanol–water partition coefficient (Wildman–Crippen LogP) is 1.87. The number of methoxy groups -OCH3 is 3. The van der Waals surface area contributed by atoms with Gasteiger partial charge in [0, 0.05) is 105 Å². The molecule has 0 saturated carbocycles. The molecule has 0 aliphatic carbocycles. The average molecular weight is 1690 g/mol. The van der Waals surface area contributed by atoms with Gasteiger partial charge in [0.25, 0.3) is 5.79 Å². The normalized spacial score (nSPS) is 29.0. The van der Waals surface area contributed by atoms with Crippen LogP contribution in [0.5, 0.6) is 0 Å². The molecule has 0 radical (unpaired) electrons. The molecule has 648 valence electrons. The van der Waals surface area contributed by atoms with Crippen LogP contribution in [0.2, 0.25) is 0 Å². The molecule has 4 fully saturated rings. The van der Waals surface area contributed by atoms with Crippen LogP contribution in [0.25, 0.3) is 0 Å². The number of aliphatic hydroxyl groups excluding tert-OH is 12. The largest absolute Gasteiger partial charge is 0.477 e. The summed E-state index contributed by atoms with van der Waals surface area (Å²) in [6.07, 6.45) is -21.5. The fraction of sp³-hybridized carbons (Fsp3) is 0.641. The fourth-order valence-corrected chi connectivity index (χ4v) is 16.8. The van der Waals surface area contributed by atoms with E-state index in [9.17, 15) is 104 Å². The maximum atomic E-state index is 13.0. The molecule has 4 saturated heterocycles. The second kappa shape index (κ2) is 49.1. The van der Waals surface area contributed by atoms with Crippen molar-refractivity contribution in [1.29, 1.82) is 0 Å². The number of carboxylic acid groups (broad SMARTS) is 1. The van der Waals surface area contributed by atoms with E-state index in [1.807, 2.05) is 71.0 Å². The third-order valence-electron chi connectivity index (χ3n) is 19.2. The van der Waals surface area contributed by atoms with Gasteiger partial charge in [0.05, 0.1) is 77.7 Å². The summed E-state index contributed by atoms with van der Waals surface area (Å²) in [6.45, 7) is 12.7. The molecule has 0 spiro atoms. The number of carbonyl (C=O) groups excluding carboxylic acids is 9. The van der Waals surface area contributed by atoms with Crippen LogP contribution in [-0.2, 0) is 90.6 Å². The Kier molecular flexibility index (Phi) is 43.9. The van der Waals surface area contributed by atoms with Crippen molar-refractivity contribution in [2.45, 2.75) is 266 Å². The minimum absolute atomic E-state index is 0.00590. The number of thioether (sulfide) groups is 3. The van der Waals surface area contributed by atoms with Crippen molar-refractivity contribution in [3.8, 4) is 0 Å². The molecular formula is C78H115NO33S3. The zero-order chi connectivity index (χ0) is 87.0. The molecule has 37 heteroatoms.